The van der Waals surface area contributed by atoms with Crippen LogP contribution in [0.15, 0.2) is 271 Å². The number of para-hydroxylation sites is 5. The van der Waals surface area contributed by atoms with Gasteiger partial charge in [-0.25, -0.2) is 0 Å². The van der Waals surface area contributed by atoms with Gasteiger partial charge in [-0.2, -0.15) is 0 Å². The Bertz CT molecular complexity index is 6310. The van der Waals surface area contributed by atoms with E-state index in [9.17, 15) is 0 Å². The lowest BCUT2D eigenvalue weighted by Crippen LogP contribution is -2.14. The molecule has 0 radical (unpaired) electrons. The first-order valence-electron chi connectivity index (χ1n) is 29.9. The van der Waals surface area contributed by atoms with Crippen molar-refractivity contribution in [3.63, 3.8) is 0 Å². The van der Waals surface area contributed by atoms with E-state index in [0.717, 1.165) is 27.6 Å². The molecule has 0 unspecified atom stereocenters. The van der Waals surface area contributed by atoms with E-state index in [-0.39, 0.29) is 5.41 Å². The molecule has 20 aromatic rings. The summed E-state index contributed by atoms with van der Waals surface area (Å²) >= 11 is 0. The zero-order chi connectivity index (χ0) is 56.3. The molecule has 0 amide bonds. The van der Waals surface area contributed by atoms with E-state index >= 15 is 0 Å². The van der Waals surface area contributed by atoms with Crippen molar-refractivity contribution in [1.29, 1.82) is 0 Å². The van der Waals surface area contributed by atoms with Gasteiger partial charge < -0.3 is 22.4 Å². The molecule has 0 aliphatic heterocycles. The molecule has 0 saturated carbocycles. The van der Waals surface area contributed by atoms with Gasteiger partial charge in [-0.3, -0.25) is 0 Å². The molecule has 0 atom stereocenters. The average molecular weight is 1100 g/mol. The molecule has 400 valence electrons. The first kappa shape index (κ1) is 46.4. The van der Waals surface area contributed by atoms with Crippen LogP contribution < -0.4 is 0 Å². The molecule has 1 aliphatic carbocycles. The minimum absolute atomic E-state index is 0.0311. The second-order valence-corrected chi connectivity index (χ2v) is 24.3. The first-order chi connectivity index (χ1) is 42.5. The van der Waals surface area contributed by atoms with Crippen molar-refractivity contribution in [2.75, 3.05) is 0 Å². The van der Waals surface area contributed by atoms with Crippen molar-refractivity contribution < 1.29 is 4.42 Å². The van der Waals surface area contributed by atoms with Crippen molar-refractivity contribution in [3.8, 4) is 33.6 Å². The quantitative estimate of drug-likeness (QED) is 0.173. The van der Waals surface area contributed by atoms with E-state index in [0.29, 0.717) is 0 Å². The highest BCUT2D eigenvalue weighted by atomic mass is 16.3. The van der Waals surface area contributed by atoms with Crippen LogP contribution in [-0.4, -0.2) is 17.9 Å². The maximum atomic E-state index is 6.31. The molecule has 5 heteroatoms. The Hall–Kier alpha value is -11.1. The van der Waals surface area contributed by atoms with Crippen molar-refractivity contribution in [3.05, 3.63) is 278 Å². The van der Waals surface area contributed by atoms with Gasteiger partial charge in [0.1, 0.15) is 11.2 Å². The van der Waals surface area contributed by atoms with E-state index in [1.54, 1.807) is 0 Å². The molecule has 5 nitrogen and oxygen atoms in total. The smallest absolute Gasteiger partial charge is 0.137 e. The molecule has 0 spiro atoms. The summed E-state index contributed by atoms with van der Waals surface area (Å²) in [4.78, 5) is 0. The molecule has 7 heterocycles. The van der Waals surface area contributed by atoms with Crippen LogP contribution in [0.3, 0.4) is 0 Å². The van der Waals surface area contributed by atoms with Crippen molar-refractivity contribution in [2.45, 2.75) is 19.3 Å². The summed E-state index contributed by atoms with van der Waals surface area (Å²) in [7, 11) is 0. The van der Waals surface area contributed by atoms with Crippen molar-refractivity contribution >= 4 is 142 Å². The summed E-state index contributed by atoms with van der Waals surface area (Å²) in [5.74, 6) is 0. The van der Waals surface area contributed by atoms with Crippen LogP contribution in [0.25, 0.3) is 175 Å². The van der Waals surface area contributed by atoms with Gasteiger partial charge in [0.2, 0.25) is 0 Å². The molecule has 13 aromatic carbocycles. The van der Waals surface area contributed by atoms with Gasteiger partial charge in [-0.05, 0) is 129 Å². The average Bonchev–Trinajstić information content (AvgIpc) is 1.57. The number of nitrogens with zero attached hydrogens (tertiary/aromatic N) is 4. The number of fused-ring (bicyclic) bond motifs is 18. The topological polar surface area (TPSA) is 31.8 Å². The van der Waals surface area contributed by atoms with Crippen LogP contribution in [0.5, 0.6) is 0 Å². The van der Waals surface area contributed by atoms with Gasteiger partial charge >= 0.3 is 0 Å². The molecule has 0 N–H and O–H groups in total. The molecule has 0 saturated heterocycles. The minimum atomic E-state index is -0.0311. The molecular formula is C81H50N4O. The maximum absolute atomic E-state index is 6.31. The van der Waals surface area contributed by atoms with Gasteiger partial charge in [-0.1, -0.05) is 190 Å². The molecule has 7 aromatic heterocycles. The van der Waals surface area contributed by atoms with Crippen LogP contribution in [0.1, 0.15) is 25.0 Å². The van der Waals surface area contributed by atoms with Gasteiger partial charge in [0.25, 0.3) is 0 Å². The van der Waals surface area contributed by atoms with E-state index in [1.807, 2.05) is 12.1 Å². The highest BCUT2D eigenvalue weighted by Gasteiger charge is 2.35. The lowest BCUT2D eigenvalue weighted by Gasteiger charge is -2.22. The summed E-state index contributed by atoms with van der Waals surface area (Å²) in [5, 5.41) is 17.8. The minimum Gasteiger partial charge on any atom is -0.456 e. The second-order valence-electron chi connectivity index (χ2n) is 24.3. The molecule has 0 fully saturated rings. The maximum Gasteiger partial charge on any atom is 0.137 e. The zero-order valence-corrected chi connectivity index (χ0v) is 47.1. The van der Waals surface area contributed by atoms with E-state index in [2.05, 4.69) is 287 Å². The Kier molecular flexibility index (Phi) is 8.93. The summed E-state index contributed by atoms with van der Waals surface area (Å²) in [5.41, 5.74) is 24.5. The van der Waals surface area contributed by atoms with Gasteiger partial charge in [0.05, 0.1) is 55.2 Å². The van der Waals surface area contributed by atoms with E-state index in [4.69, 9.17) is 4.42 Å². The summed E-state index contributed by atoms with van der Waals surface area (Å²) < 4.78 is 16.2. The fourth-order valence-corrected chi connectivity index (χ4v) is 16.1. The highest BCUT2D eigenvalue weighted by Crippen LogP contribution is 2.51. The van der Waals surface area contributed by atoms with Crippen molar-refractivity contribution in [1.82, 2.24) is 17.9 Å². The third kappa shape index (κ3) is 5.88. The fourth-order valence-electron chi connectivity index (χ4n) is 16.1. The predicted octanol–water partition coefficient (Wildman–Crippen LogP) is 21.7. The molecule has 0 bridgehead atoms. The van der Waals surface area contributed by atoms with Gasteiger partial charge in [0.15, 0.2) is 0 Å². The highest BCUT2D eigenvalue weighted by molar-refractivity contribution is 6.35. The fraction of sp³-hybridized carbons (Fsp3) is 0.0370. The van der Waals surface area contributed by atoms with Crippen LogP contribution in [0.2, 0.25) is 0 Å². The standard InChI is InChI=1S/C45H30N2.C36H20N2O/c1-45(2)36-17-6-3-13-30(36)31-22-21-28(26-37(31)45)27-11-9-12-29(25-27)46-40-20-10-16-34-32-14-4-7-18-38(32)47-39-19-8-5-15-33(39)35-23-24-41(46)43(42(34)40)44(35)47;1-4-12-28-22(8-1)26-11-7-14-30-34(26)35-31(19-18-27-23-9-2-5-13-29(23)38(28)36(27)35)37(30)21-16-17-25-24-10-3-6-15-32(24)39-33(25)20-21/h3-26H,1-2H3;1-20H. The van der Waals surface area contributed by atoms with Gasteiger partial charge in [-0.15, -0.1) is 0 Å². The zero-order valence-electron chi connectivity index (χ0n) is 47.1. The third-order valence-electron chi connectivity index (χ3n) is 19.7. The third-order valence-corrected chi connectivity index (χ3v) is 19.7. The summed E-state index contributed by atoms with van der Waals surface area (Å²) in [6.45, 7) is 4.71. The Morgan fingerprint density at radius 1 is 0.267 bits per heavy atom. The van der Waals surface area contributed by atoms with Gasteiger partial charge in [0, 0.05) is 87.5 Å². The SMILES string of the molecule is CC1(C)c2ccccc2-c2ccc(-c3cccc(-n4c5cccc6c7ccccc7n7c8ccccc8c8ccc4c(c65)c87)c3)cc21.c1ccc2c(c1)oc1cc(-n3c4cccc5c6ccccc6n6c7ccccc7c7ccc3c(c54)c76)ccc12. The number of furan rings is 1. The van der Waals surface area contributed by atoms with Crippen LogP contribution in [-0.2, 0) is 5.41 Å². The lowest BCUT2D eigenvalue weighted by atomic mass is 9.81. The first-order valence-corrected chi connectivity index (χ1v) is 29.9. The molecule has 86 heavy (non-hydrogen) atoms. The van der Waals surface area contributed by atoms with E-state index < -0.39 is 0 Å². The Labute approximate surface area is 492 Å². The number of rotatable bonds is 3. The normalized spacial score (nSPS) is 13.3. The number of benzene rings is 13. The molecule has 21 rings (SSSR count). The summed E-state index contributed by atoms with van der Waals surface area (Å²) in [6.07, 6.45) is 0. The van der Waals surface area contributed by atoms with Crippen LogP contribution in [0.4, 0.5) is 0 Å². The lowest BCUT2D eigenvalue weighted by molar-refractivity contribution is 0.660. The number of aromatic nitrogens is 4. The molecular weight excluding hydrogens is 1040 g/mol. The van der Waals surface area contributed by atoms with E-state index in [1.165, 1.54) is 159 Å². The Morgan fingerprint density at radius 3 is 1.30 bits per heavy atom. The number of hydrogen-bond acceptors (Lipinski definition) is 1. The molecule has 1 aliphatic rings. The Balaban J connectivity index is 0.000000124. The second kappa shape index (κ2) is 16.6. The monoisotopic (exact) mass is 1090 g/mol. The predicted molar refractivity (Wildman–Crippen MR) is 361 cm³/mol. The number of hydrogen-bond donors (Lipinski definition) is 0. The summed E-state index contributed by atoms with van der Waals surface area (Å²) in [6, 6.07) is 98.2. The van der Waals surface area contributed by atoms with Crippen molar-refractivity contribution in [2.24, 2.45) is 0 Å². The Morgan fingerprint density at radius 2 is 0.698 bits per heavy atom. The largest absolute Gasteiger partial charge is 0.456 e. The van der Waals surface area contributed by atoms with Crippen LogP contribution >= 0.6 is 0 Å². The van der Waals surface area contributed by atoms with Crippen LogP contribution in [0, 0.1) is 0 Å².